The molecule has 6 heteroatoms. The van der Waals surface area contributed by atoms with Crippen molar-refractivity contribution < 1.29 is 18.0 Å². The van der Waals surface area contributed by atoms with Crippen molar-refractivity contribution in [3.63, 3.8) is 0 Å². The number of carbonyl (C=O) groups excluding carboxylic acids is 1. The Kier molecular flexibility index (Phi) is 4.72. The molecule has 1 aromatic carbocycles. The third-order valence-corrected chi connectivity index (χ3v) is 2.45. The van der Waals surface area contributed by atoms with Crippen molar-refractivity contribution in [3.05, 3.63) is 29.8 Å². The molecule has 0 spiro atoms. The molecule has 0 atom stereocenters. The first-order valence-electron chi connectivity index (χ1n) is 5.41. The second-order valence-corrected chi connectivity index (χ2v) is 3.96. The van der Waals surface area contributed by atoms with E-state index in [4.69, 9.17) is 0 Å². The lowest BCUT2D eigenvalue weighted by atomic mass is 10.2. The van der Waals surface area contributed by atoms with Crippen molar-refractivity contribution in [1.29, 1.82) is 0 Å². The van der Waals surface area contributed by atoms with E-state index in [0.717, 1.165) is 5.56 Å². The molecule has 1 aromatic rings. The van der Waals surface area contributed by atoms with E-state index >= 15 is 0 Å². The van der Waals surface area contributed by atoms with Crippen LogP contribution in [0.4, 0.5) is 18.9 Å². The number of likely N-dealkylation sites (N-methyl/N-ethyl adjacent to an activating group) is 1. The maximum Gasteiger partial charge on any atom is 0.401 e. The molecule has 0 fully saturated rings. The molecule has 0 saturated carbocycles. The predicted molar refractivity (Wildman–Crippen MR) is 63.5 cm³/mol. The summed E-state index contributed by atoms with van der Waals surface area (Å²) in [6.45, 7) is 0.326. The van der Waals surface area contributed by atoms with Crippen molar-refractivity contribution in [2.75, 3.05) is 25.0 Å². The number of hydrogen-bond acceptors (Lipinski definition) is 2. The van der Waals surface area contributed by atoms with Crippen molar-refractivity contribution in [3.8, 4) is 0 Å². The standard InChI is InChI=1S/C12H15F3N2O/c1-9-5-3-4-6-10(9)17(2)11(18)7-16-8-12(13,14)15/h3-6,16H,7-8H2,1-2H3. The third-order valence-electron chi connectivity index (χ3n) is 2.45. The van der Waals surface area contributed by atoms with Gasteiger partial charge in [0.1, 0.15) is 0 Å². The Morgan fingerprint density at radius 2 is 1.94 bits per heavy atom. The molecule has 0 aromatic heterocycles. The van der Waals surface area contributed by atoms with Crippen LogP contribution >= 0.6 is 0 Å². The van der Waals surface area contributed by atoms with Crippen LogP contribution in [0.3, 0.4) is 0 Å². The first kappa shape index (κ1) is 14.5. The van der Waals surface area contributed by atoms with Gasteiger partial charge in [0.05, 0.1) is 13.1 Å². The van der Waals surface area contributed by atoms with Crippen LogP contribution in [0.2, 0.25) is 0 Å². The Morgan fingerprint density at radius 1 is 1.33 bits per heavy atom. The zero-order chi connectivity index (χ0) is 13.8. The number of halogens is 3. The van der Waals surface area contributed by atoms with Crippen molar-refractivity contribution in [1.82, 2.24) is 5.32 Å². The minimum atomic E-state index is -4.30. The van der Waals surface area contributed by atoms with Crippen LogP contribution in [0, 0.1) is 6.92 Å². The number of nitrogens with one attached hydrogen (secondary N) is 1. The molecule has 0 aliphatic rings. The number of alkyl halides is 3. The Morgan fingerprint density at radius 3 is 2.50 bits per heavy atom. The van der Waals surface area contributed by atoms with Crippen LogP contribution in [0.5, 0.6) is 0 Å². The highest BCUT2D eigenvalue weighted by atomic mass is 19.4. The molecule has 0 radical (unpaired) electrons. The molecule has 100 valence electrons. The van der Waals surface area contributed by atoms with Crippen LogP contribution in [0.15, 0.2) is 24.3 Å². The van der Waals surface area contributed by atoms with E-state index in [9.17, 15) is 18.0 Å². The van der Waals surface area contributed by atoms with Crippen LogP contribution in [-0.2, 0) is 4.79 Å². The number of para-hydroxylation sites is 1. The summed E-state index contributed by atoms with van der Waals surface area (Å²) in [5.74, 6) is -0.409. The van der Waals surface area contributed by atoms with E-state index in [0.29, 0.717) is 5.69 Å². The van der Waals surface area contributed by atoms with Crippen LogP contribution < -0.4 is 10.2 Å². The number of hydrogen-bond donors (Lipinski definition) is 1. The van der Waals surface area contributed by atoms with Gasteiger partial charge in [0.15, 0.2) is 0 Å². The summed E-state index contributed by atoms with van der Waals surface area (Å²) in [6, 6.07) is 7.19. The monoisotopic (exact) mass is 260 g/mol. The van der Waals surface area contributed by atoms with Gasteiger partial charge in [-0.1, -0.05) is 18.2 Å². The molecule has 0 saturated heterocycles. The van der Waals surface area contributed by atoms with Crippen LogP contribution in [0.1, 0.15) is 5.56 Å². The number of benzene rings is 1. The van der Waals surface area contributed by atoms with E-state index in [1.54, 1.807) is 19.2 Å². The van der Waals surface area contributed by atoms with Gasteiger partial charge in [-0.3, -0.25) is 4.79 Å². The fourth-order valence-corrected chi connectivity index (χ4v) is 1.50. The summed E-state index contributed by atoms with van der Waals surface area (Å²) in [6.07, 6.45) is -4.30. The smallest absolute Gasteiger partial charge is 0.314 e. The van der Waals surface area contributed by atoms with E-state index in [1.807, 2.05) is 19.1 Å². The van der Waals surface area contributed by atoms with Crippen LogP contribution in [0.25, 0.3) is 0 Å². The van der Waals surface area contributed by atoms with Gasteiger partial charge in [-0.05, 0) is 18.6 Å². The molecule has 0 heterocycles. The van der Waals surface area contributed by atoms with Gasteiger partial charge < -0.3 is 10.2 Å². The molecule has 0 bridgehead atoms. The Bertz CT molecular complexity index is 418. The average molecular weight is 260 g/mol. The maximum absolute atomic E-state index is 11.9. The van der Waals surface area contributed by atoms with E-state index in [1.165, 1.54) is 4.90 Å². The first-order chi connectivity index (χ1) is 8.31. The molecular formula is C12H15F3N2O. The lowest BCUT2D eigenvalue weighted by Gasteiger charge is -2.20. The highest BCUT2D eigenvalue weighted by Crippen LogP contribution is 2.17. The minimum Gasteiger partial charge on any atom is -0.314 e. The predicted octanol–water partition coefficient (Wildman–Crippen LogP) is 2.11. The number of amides is 1. The molecule has 0 unspecified atom stereocenters. The summed E-state index contributed by atoms with van der Waals surface area (Å²) in [7, 11) is 1.54. The molecule has 1 amide bonds. The summed E-state index contributed by atoms with van der Waals surface area (Å²) in [4.78, 5) is 13.0. The van der Waals surface area contributed by atoms with Gasteiger partial charge in [0.25, 0.3) is 0 Å². The quantitative estimate of drug-likeness (QED) is 0.899. The molecule has 0 aliphatic carbocycles. The Balaban J connectivity index is 2.55. The highest BCUT2D eigenvalue weighted by molar-refractivity contribution is 5.94. The third kappa shape index (κ3) is 4.37. The van der Waals surface area contributed by atoms with Gasteiger partial charge in [-0.25, -0.2) is 0 Å². The average Bonchev–Trinajstić information content (AvgIpc) is 2.27. The van der Waals surface area contributed by atoms with Crippen molar-refractivity contribution in [2.45, 2.75) is 13.1 Å². The molecule has 1 N–H and O–H groups in total. The SMILES string of the molecule is Cc1ccccc1N(C)C(=O)CNCC(F)(F)F. The second kappa shape index (κ2) is 5.86. The maximum atomic E-state index is 11.9. The van der Waals surface area contributed by atoms with E-state index in [2.05, 4.69) is 5.32 Å². The second-order valence-electron chi connectivity index (χ2n) is 3.96. The first-order valence-corrected chi connectivity index (χ1v) is 5.41. The van der Waals surface area contributed by atoms with Gasteiger partial charge >= 0.3 is 6.18 Å². The van der Waals surface area contributed by atoms with Crippen LogP contribution in [-0.4, -0.2) is 32.2 Å². The minimum absolute atomic E-state index is 0.343. The number of nitrogens with zero attached hydrogens (tertiary/aromatic N) is 1. The van der Waals surface area contributed by atoms with Gasteiger partial charge in [0, 0.05) is 12.7 Å². The normalized spacial score (nSPS) is 11.4. The molecular weight excluding hydrogens is 245 g/mol. The van der Waals surface area contributed by atoms with Crippen molar-refractivity contribution in [2.24, 2.45) is 0 Å². The number of aryl methyl sites for hydroxylation is 1. The van der Waals surface area contributed by atoms with E-state index < -0.39 is 18.6 Å². The van der Waals surface area contributed by atoms with Gasteiger partial charge in [0.2, 0.25) is 5.91 Å². The van der Waals surface area contributed by atoms with Gasteiger partial charge in [-0.15, -0.1) is 0 Å². The summed E-state index contributed by atoms with van der Waals surface area (Å²) in [5.41, 5.74) is 1.58. The zero-order valence-electron chi connectivity index (χ0n) is 10.2. The number of anilines is 1. The summed E-state index contributed by atoms with van der Waals surface area (Å²) < 4.78 is 35.7. The number of carbonyl (C=O) groups is 1. The topological polar surface area (TPSA) is 32.3 Å². The lowest BCUT2D eigenvalue weighted by Crippen LogP contribution is -2.39. The van der Waals surface area contributed by atoms with Crippen molar-refractivity contribution >= 4 is 11.6 Å². The zero-order valence-corrected chi connectivity index (χ0v) is 10.2. The Labute approximate surface area is 104 Å². The van der Waals surface area contributed by atoms with Gasteiger partial charge in [-0.2, -0.15) is 13.2 Å². The fraction of sp³-hybridized carbons (Fsp3) is 0.417. The number of rotatable bonds is 4. The molecule has 3 nitrogen and oxygen atoms in total. The largest absolute Gasteiger partial charge is 0.401 e. The Hall–Kier alpha value is -1.56. The molecule has 1 rings (SSSR count). The van der Waals surface area contributed by atoms with E-state index in [-0.39, 0.29) is 6.54 Å². The summed E-state index contributed by atoms with van der Waals surface area (Å²) >= 11 is 0. The highest BCUT2D eigenvalue weighted by Gasteiger charge is 2.26. The molecule has 0 aliphatic heterocycles. The molecule has 18 heavy (non-hydrogen) atoms. The lowest BCUT2D eigenvalue weighted by molar-refractivity contribution is -0.127. The fourth-order valence-electron chi connectivity index (χ4n) is 1.50. The summed E-state index contributed by atoms with van der Waals surface area (Å²) in [5, 5.41) is 2.08.